The molecule has 7 fully saturated rings. The molecular formula is C35H48O4. The Hall–Kier alpha value is -1.56. The molecule has 7 saturated carbocycles. The third-order valence-corrected chi connectivity index (χ3v) is 12.0. The van der Waals surface area contributed by atoms with Gasteiger partial charge in [-0.05, 0) is 136 Å². The van der Waals surface area contributed by atoms with E-state index in [1.807, 2.05) is 0 Å². The van der Waals surface area contributed by atoms with Gasteiger partial charge in [-0.1, -0.05) is 42.1 Å². The molecule has 212 valence electrons. The molecule has 7 aliphatic rings. The van der Waals surface area contributed by atoms with Gasteiger partial charge >= 0.3 is 0 Å². The van der Waals surface area contributed by atoms with E-state index in [1.54, 1.807) is 0 Å². The first kappa shape index (κ1) is 27.6. The van der Waals surface area contributed by atoms with Crippen LogP contribution >= 0.6 is 0 Å². The van der Waals surface area contributed by atoms with Crippen LogP contribution < -0.4 is 0 Å². The van der Waals surface area contributed by atoms with E-state index in [9.17, 15) is 20.4 Å². The summed E-state index contributed by atoms with van der Waals surface area (Å²) in [7, 11) is 0. The van der Waals surface area contributed by atoms with E-state index in [4.69, 9.17) is 0 Å². The molecule has 0 spiro atoms. The SMILES string of the molecule is C[C@]12CCC/C(=C\C=C3C[C@@H](O)C(CO)[C@H](O)C3)C1CC[C@@H]2C#CC#CC(O)CC12CC3CC(CC(C3)C1)C2. The molecule has 0 heterocycles. The minimum Gasteiger partial charge on any atom is -0.396 e. The standard InChI is InChI=1S/C35H48O4/c1-34-12-4-5-27(9-8-23-16-32(38)30(22-36)33(39)17-23)31(34)11-10-28(34)6-2-3-7-29(37)21-35-18-24-13-25(19-35)15-26(14-24)20-35/h8-9,24-26,28-33,36-39H,4-5,10-22H2,1H3/b23-8?,27-9+/t24?,25?,26?,28-,29?,30?,31?,32+,33+,34+,35?/m0/s1. The molecule has 4 bridgehead atoms. The first-order valence-corrected chi connectivity index (χ1v) is 15.8. The third kappa shape index (κ3) is 5.53. The number of hydrogen-bond acceptors (Lipinski definition) is 4. The van der Waals surface area contributed by atoms with E-state index in [0.717, 1.165) is 55.4 Å². The number of fused-ring (bicyclic) bond motifs is 1. The summed E-state index contributed by atoms with van der Waals surface area (Å²) in [5, 5.41) is 40.9. The maximum absolute atomic E-state index is 10.8. The quantitative estimate of drug-likeness (QED) is 0.378. The van der Waals surface area contributed by atoms with E-state index in [0.29, 0.717) is 30.1 Å². The highest BCUT2D eigenvalue weighted by molar-refractivity contribution is 5.32. The van der Waals surface area contributed by atoms with Crippen molar-refractivity contribution in [1.82, 2.24) is 0 Å². The maximum atomic E-state index is 10.8. The first-order valence-electron chi connectivity index (χ1n) is 15.8. The Balaban J connectivity index is 1.08. The monoisotopic (exact) mass is 532 g/mol. The molecule has 4 nitrogen and oxygen atoms in total. The predicted molar refractivity (Wildman–Crippen MR) is 153 cm³/mol. The summed E-state index contributed by atoms with van der Waals surface area (Å²) in [6, 6.07) is 0. The second-order valence-electron chi connectivity index (χ2n) is 14.7. The summed E-state index contributed by atoms with van der Waals surface area (Å²) in [5.74, 6) is 15.9. The van der Waals surface area contributed by atoms with Crippen molar-refractivity contribution in [2.24, 2.45) is 46.3 Å². The van der Waals surface area contributed by atoms with Gasteiger partial charge in [0, 0.05) is 11.8 Å². The minimum atomic E-state index is -0.682. The van der Waals surface area contributed by atoms with Gasteiger partial charge in [-0.15, -0.1) is 0 Å². The second-order valence-corrected chi connectivity index (χ2v) is 14.7. The van der Waals surface area contributed by atoms with Crippen LogP contribution in [-0.4, -0.2) is 45.3 Å². The minimum absolute atomic E-state index is 0.155. The fraction of sp³-hybridized carbons (Fsp3) is 0.771. The van der Waals surface area contributed by atoms with Crippen molar-refractivity contribution in [2.75, 3.05) is 6.61 Å². The first-order chi connectivity index (χ1) is 18.8. The van der Waals surface area contributed by atoms with Crippen molar-refractivity contribution in [1.29, 1.82) is 0 Å². The van der Waals surface area contributed by atoms with Crippen LogP contribution in [0.2, 0.25) is 0 Å². The molecule has 4 heteroatoms. The molecule has 0 aliphatic heterocycles. The van der Waals surface area contributed by atoms with Crippen LogP contribution in [0, 0.1) is 70.0 Å². The summed E-state index contributed by atoms with van der Waals surface area (Å²) in [5.41, 5.74) is 3.04. The molecule has 0 aromatic carbocycles. The van der Waals surface area contributed by atoms with Crippen LogP contribution in [0.5, 0.6) is 0 Å². The molecular weight excluding hydrogens is 484 g/mol. The molecule has 0 radical (unpaired) electrons. The summed E-state index contributed by atoms with van der Waals surface area (Å²) < 4.78 is 0. The largest absolute Gasteiger partial charge is 0.396 e. The number of aliphatic hydroxyl groups excluding tert-OH is 4. The van der Waals surface area contributed by atoms with E-state index in [2.05, 4.69) is 42.8 Å². The van der Waals surface area contributed by atoms with Crippen LogP contribution in [0.25, 0.3) is 0 Å². The predicted octanol–water partition coefficient (Wildman–Crippen LogP) is 5.15. The van der Waals surface area contributed by atoms with E-state index in [1.165, 1.54) is 50.5 Å². The van der Waals surface area contributed by atoms with Gasteiger partial charge in [0.25, 0.3) is 0 Å². The highest BCUT2D eigenvalue weighted by atomic mass is 16.3. The summed E-state index contributed by atoms with van der Waals surface area (Å²) in [4.78, 5) is 0. The third-order valence-electron chi connectivity index (χ3n) is 12.0. The second kappa shape index (κ2) is 11.0. The Labute approximate surface area is 235 Å². The van der Waals surface area contributed by atoms with Crippen molar-refractivity contribution >= 4 is 0 Å². The highest BCUT2D eigenvalue weighted by Crippen LogP contribution is 2.61. The van der Waals surface area contributed by atoms with E-state index in [-0.39, 0.29) is 12.0 Å². The Morgan fingerprint density at radius 2 is 1.62 bits per heavy atom. The molecule has 0 saturated heterocycles. The molecule has 0 aromatic rings. The fourth-order valence-corrected chi connectivity index (χ4v) is 10.5. The van der Waals surface area contributed by atoms with E-state index < -0.39 is 24.2 Å². The Kier molecular flexibility index (Phi) is 7.80. The van der Waals surface area contributed by atoms with Crippen molar-refractivity contribution in [3.05, 3.63) is 23.3 Å². The van der Waals surface area contributed by atoms with E-state index >= 15 is 0 Å². The molecule has 6 atom stereocenters. The lowest BCUT2D eigenvalue weighted by molar-refractivity contribution is -0.0696. The van der Waals surface area contributed by atoms with Gasteiger partial charge in [-0.2, -0.15) is 0 Å². The Bertz CT molecular complexity index is 1060. The Morgan fingerprint density at radius 3 is 2.26 bits per heavy atom. The van der Waals surface area contributed by atoms with Gasteiger partial charge in [0.15, 0.2) is 0 Å². The number of allylic oxidation sites excluding steroid dienone is 3. The van der Waals surface area contributed by atoms with Gasteiger partial charge in [-0.3, -0.25) is 0 Å². The topological polar surface area (TPSA) is 80.9 Å². The maximum Gasteiger partial charge on any atom is 0.116 e. The molecule has 7 rings (SSSR count). The van der Waals surface area contributed by atoms with Crippen molar-refractivity contribution < 1.29 is 20.4 Å². The molecule has 0 aromatic heterocycles. The number of aliphatic hydroxyl groups is 4. The average Bonchev–Trinajstić information content (AvgIpc) is 3.20. The summed E-state index contributed by atoms with van der Waals surface area (Å²) in [6.45, 7) is 2.23. The van der Waals surface area contributed by atoms with Crippen molar-refractivity contribution in [3.8, 4) is 23.7 Å². The van der Waals surface area contributed by atoms with Gasteiger partial charge in [0.2, 0.25) is 0 Å². The Morgan fingerprint density at radius 1 is 0.949 bits per heavy atom. The lowest BCUT2D eigenvalue weighted by Gasteiger charge is -2.57. The molecule has 39 heavy (non-hydrogen) atoms. The van der Waals surface area contributed by atoms with Crippen molar-refractivity contribution in [2.45, 2.75) is 115 Å². The van der Waals surface area contributed by atoms with Gasteiger partial charge in [0.1, 0.15) is 6.10 Å². The number of rotatable bonds is 4. The lowest BCUT2D eigenvalue weighted by atomic mass is 9.48. The molecule has 2 unspecified atom stereocenters. The molecule has 7 aliphatic carbocycles. The van der Waals surface area contributed by atoms with Crippen LogP contribution in [0.1, 0.15) is 96.8 Å². The summed E-state index contributed by atoms with van der Waals surface area (Å²) >= 11 is 0. The van der Waals surface area contributed by atoms with Gasteiger partial charge < -0.3 is 20.4 Å². The van der Waals surface area contributed by atoms with Crippen LogP contribution in [-0.2, 0) is 0 Å². The zero-order valence-electron chi connectivity index (χ0n) is 23.7. The summed E-state index contributed by atoms with van der Waals surface area (Å²) in [6.07, 6.45) is 18.2. The van der Waals surface area contributed by atoms with Crippen LogP contribution in [0.4, 0.5) is 0 Å². The number of hydrogen-bond donors (Lipinski definition) is 4. The lowest BCUT2D eigenvalue weighted by Crippen LogP contribution is -2.47. The van der Waals surface area contributed by atoms with Crippen LogP contribution in [0.15, 0.2) is 23.3 Å². The fourth-order valence-electron chi connectivity index (χ4n) is 10.5. The van der Waals surface area contributed by atoms with Gasteiger partial charge in [-0.25, -0.2) is 0 Å². The average molecular weight is 533 g/mol. The zero-order chi connectivity index (χ0) is 27.2. The highest BCUT2D eigenvalue weighted by Gasteiger charge is 2.51. The van der Waals surface area contributed by atoms with Gasteiger partial charge in [0.05, 0.1) is 18.8 Å². The van der Waals surface area contributed by atoms with Crippen LogP contribution in [0.3, 0.4) is 0 Å². The molecule has 4 N–H and O–H groups in total. The van der Waals surface area contributed by atoms with Crippen molar-refractivity contribution in [3.63, 3.8) is 0 Å². The zero-order valence-corrected chi connectivity index (χ0v) is 23.7. The normalized spacial score (nSPS) is 46.2. The molecule has 0 amide bonds. The smallest absolute Gasteiger partial charge is 0.116 e.